The van der Waals surface area contributed by atoms with Crippen LogP contribution in [0, 0.1) is 0 Å². The van der Waals surface area contributed by atoms with Gasteiger partial charge in [-0.1, -0.05) is 13.3 Å². The third-order valence-electron chi connectivity index (χ3n) is 2.61. The first-order chi connectivity index (χ1) is 8.50. The largest absolute Gasteiger partial charge is 0.416 e. The molecule has 0 fully saturated rings. The van der Waals surface area contributed by atoms with Crippen molar-refractivity contribution >= 4 is 0 Å². The van der Waals surface area contributed by atoms with Gasteiger partial charge in [-0.2, -0.15) is 18.3 Å². The zero-order valence-corrected chi connectivity index (χ0v) is 9.91. The van der Waals surface area contributed by atoms with E-state index >= 15 is 0 Å². The molecule has 2 rings (SSSR count). The molecule has 1 aromatic heterocycles. The van der Waals surface area contributed by atoms with E-state index in [1.807, 2.05) is 6.07 Å². The normalized spacial score (nSPS) is 11.8. The Balaban J connectivity index is 2.23. The number of hydrogen-bond donors (Lipinski definition) is 0. The SMILES string of the molecule is CCCc1ccn(-c2ccc(C(F)(F)F)cc2)n1. The quantitative estimate of drug-likeness (QED) is 0.813. The van der Waals surface area contributed by atoms with Crippen LogP contribution in [0.3, 0.4) is 0 Å². The molecule has 0 radical (unpaired) electrons. The van der Waals surface area contributed by atoms with Gasteiger partial charge < -0.3 is 0 Å². The number of hydrogen-bond acceptors (Lipinski definition) is 1. The molecule has 0 saturated carbocycles. The summed E-state index contributed by atoms with van der Waals surface area (Å²) in [7, 11) is 0. The first-order valence-corrected chi connectivity index (χ1v) is 5.73. The van der Waals surface area contributed by atoms with Gasteiger partial charge in [0.1, 0.15) is 0 Å². The summed E-state index contributed by atoms with van der Waals surface area (Å²) in [6.45, 7) is 2.05. The standard InChI is InChI=1S/C13H13F3N2/c1-2-3-11-8-9-18(17-11)12-6-4-10(5-7-12)13(14,15)16/h4-9H,2-3H2,1H3. The highest BCUT2D eigenvalue weighted by molar-refractivity contribution is 5.35. The predicted molar refractivity (Wildman–Crippen MR) is 62.6 cm³/mol. The lowest BCUT2D eigenvalue weighted by molar-refractivity contribution is -0.137. The minimum atomic E-state index is -4.30. The van der Waals surface area contributed by atoms with Crippen LogP contribution in [0.15, 0.2) is 36.5 Å². The van der Waals surface area contributed by atoms with Gasteiger partial charge in [0.05, 0.1) is 16.9 Å². The molecule has 18 heavy (non-hydrogen) atoms. The summed E-state index contributed by atoms with van der Waals surface area (Å²) in [6, 6.07) is 6.85. The van der Waals surface area contributed by atoms with Crippen LogP contribution in [0.1, 0.15) is 24.6 Å². The molecule has 0 aliphatic heterocycles. The molecular formula is C13H13F3N2. The average Bonchev–Trinajstić information content (AvgIpc) is 2.77. The van der Waals surface area contributed by atoms with Crippen LogP contribution in [-0.4, -0.2) is 9.78 Å². The lowest BCUT2D eigenvalue weighted by Crippen LogP contribution is -2.05. The molecule has 0 aliphatic rings. The maximum atomic E-state index is 12.4. The molecule has 5 heteroatoms. The van der Waals surface area contributed by atoms with E-state index in [-0.39, 0.29) is 0 Å². The van der Waals surface area contributed by atoms with Crippen molar-refractivity contribution < 1.29 is 13.2 Å². The summed E-state index contributed by atoms with van der Waals surface area (Å²) >= 11 is 0. The molecule has 0 bridgehead atoms. The fourth-order valence-corrected chi connectivity index (χ4v) is 1.70. The van der Waals surface area contributed by atoms with Crippen molar-refractivity contribution in [1.82, 2.24) is 9.78 Å². The van der Waals surface area contributed by atoms with Gasteiger partial charge in [0.15, 0.2) is 0 Å². The van der Waals surface area contributed by atoms with Gasteiger partial charge in [-0.25, -0.2) is 4.68 Å². The van der Waals surface area contributed by atoms with E-state index in [9.17, 15) is 13.2 Å². The predicted octanol–water partition coefficient (Wildman–Crippen LogP) is 3.84. The molecule has 96 valence electrons. The summed E-state index contributed by atoms with van der Waals surface area (Å²) in [5, 5.41) is 4.30. The van der Waals surface area contributed by atoms with Crippen molar-refractivity contribution in [3.63, 3.8) is 0 Å². The van der Waals surface area contributed by atoms with Crippen molar-refractivity contribution in [2.24, 2.45) is 0 Å². The van der Waals surface area contributed by atoms with Crippen LogP contribution in [0.5, 0.6) is 0 Å². The topological polar surface area (TPSA) is 17.8 Å². The Hall–Kier alpha value is -1.78. The number of nitrogens with zero attached hydrogens (tertiary/aromatic N) is 2. The summed E-state index contributed by atoms with van der Waals surface area (Å²) in [6.07, 6.45) is -0.679. The molecule has 0 saturated heterocycles. The first-order valence-electron chi connectivity index (χ1n) is 5.73. The van der Waals surface area contributed by atoms with E-state index in [1.165, 1.54) is 12.1 Å². The van der Waals surface area contributed by atoms with Crippen molar-refractivity contribution in [3.8, 4) is 5.69 Å². The second-order valence-corrected chi connectivity index (χ2v) is 4.05. The fourth-order valence-electron chi connectivity index (χ4n) is 1.70. The Labute approximate surface area is 103 Å². The number of halogens is 3. The summed E-state index contributed by atoms with van der Waals surface area (Å²) in [4.78, 5) is 0. The smallest absolute Gasteiger partial charge is 0.241 e. The first kappa shape index (κ1) is 12.7. The molecule has 1 aromatic carbocycles. The van der Waals surface area contributed by atoms with Crippen molar-refractivity contribution in [1.29, 1.82) is 0 Å². The van der Waals surface area contributed by atoms with Crippen molar-refractivity contribution in [2.45, 2.75) is 25.9 Å². The van der Waals surface area contributed by atoms with Crippen LogP contribution in [-0.2, 0) is 12.6 Å². The monoisotopic (exact) mass is 254 g/mol. The Morgan fingerprint density at radius 1 is 1.11 bits per heavy atom. The Bertz CT molecular complexity index is 512. The van der Waals surface area contributed by atoms with Gasteiger partial charge in [0.25, 0.3) is 0 Å². The molecule has 0 atom stereocenters. The van der Waals surface area contributed by atoms with Gasteiger partial charge in [-0.3, -0.25) is 0 Å². The molecule has 0 amide bonds. The van der Waals surface area contributed by atoms with Crippen molar-refractivity contribution in [3.05, 3.63) is 47.8 Å². The van der Waals surface area contributed by atoms with E-state index in [0.29, 0.717) is 5.69 Å². The lowest BCUT2D eigenvalue weighted by Gasteiger charge is -2.07. The molecule has 1 heterocycles. The number of aromatic nitrogens is 2. The molecule has 2 aromatic rings. The highest BCUT2D eigenvalue weighted by Gasteiger charge is 2.29. The van der Waals surface area contributed by atoms with Gasteiger partial charge in [0.2, 0.25) is 0 Å². The number of aryl methyl sites for hydroxylation is 1. The van der Waals surface area contributed by atoms with E-state index in [4.69, 9.17) is 0 Å². The Morgan fingerprint density at radius 3 is 2.33 bits per heavy atom. The maximum Gasteiger partial charge on any atom is 0.416 e. The summed E-state index contributed by atoms with van der Waals surface area (Å²) in [5.74, 6) is 0. The van der Waals surface area contributed by atoms with Crippen LogP contribution in [0.25, 0.3) is 5.69 Å². The zero-order valence-electron chi connectivity index (χ0n) is 9.91. The zero-order chi connectivity index (χ0) is 13.2. The van der Waals surface area contributed by atoms with E-state index < -0.39 is 11.7 Å². The number of alkyl halides is 3. The maximum absolute atomic E-state index is 12.4. The minimum Gasteiger partial charge on any atom is -0.241 e. The lowest BCUT2D eigenvalue weighted by atomic mass is 10.2. The van der Waals surface area contributed by atoms with Gasteiger partial charge >= 0.3 is 6.18 Å². The van der Waals surface area contributed by atoms with Gasteiger partial charge in [-0.05, 0) is 36.8 Å². The van der Waals surface area contributed by atoms with Gasteiger partial charge in [0, 0.05) is 6.20 Å². The van der Waals surface area contributed by atoms with Crippen LogP contribution in [0.4, 0.5) is 13.2 Å². The highest BCUT2D eigenvalue weighted by atomic mass is 19.4. The van der Waals surface area contributed by atoms with Crippen LogP contribution < -0.4 is 0 Å². The third kappa shape index (κ3) is 2.72. The fraction of sp³-hybridized carbons (Fsp3) is 0.308. The molecule has 2 nitrogen and oxygen atoms in total. The second kappa shape index (κ2) is 4.84. The number of benzene rings is 1. The van der Waals surface area contributed by atoms with Crippen LogP contribution >= 0.6 is 0 Å². The third-order valence-corrected chi connectivity index (χ3v) is 2.61. The molecule has 0 spiro atoms. The Kier molecular flexibility index (Phi) is 3.41. The van der Waals surface area contributed by atoms with Gasteiger partial charge in [-0.15, -0.1) is 0 Å². The minimum absolute atomic E-state index is 0.630. The van der Waals surface area contributed by atoms with E-state index in [0.717, 1.165) is 30.7 Å². The van der Waals surface area contributed by atoms with E-state index in [2.05, 4.69) is 12.0 Å². The summed E-state index contributed by atoms with van der Waals surface area (Å²) < 4.78 is 38.8. The van der Waals surface area contributed by atoms with Crippen molar-refractivity contribution in [2.75, 3.05) is 0 Å². The Morgan fingerprint density at radius 2 is 1.78 bits per heavy atom. The summed E-state index contributed by atoms with van der Waals surface area (Å²) in [5.41, 5.74) is 0.926. The molecular weight excluding hydrogens is 241 g/mol. The van der Waals surface area contributed by atoms with Crippen LogP contribution in [0.2, 0.25) is 0 Å². The second-order valence-electron chi connectivity index (χ2n) is 4.05. The molecule has 0 aliphatic carbocycles. The molecule has 0 unspecified atom stereocenters. The number of rotatable bonds is 3. The van der Waals surface area contributed by atoms with E-state index in [1.54, 1.807) is 10.9 Å². The molecule has 0 N–H and O–H groups in total. The average molecular weight is 254 g/mol. The highest BCUT2D eigenvalue weighted by Crippen LogP contribution is 2.29.